The number of aromatic amines is 1. The molecule has 2 aromatic carbocycles. The van der Waals surface area contributed by atoms with Gasteiger partial charge in [-0.2, -0.15) is 5.26 Å². The zero-order chi connectivity index (χ0) is 25.1. The zero-order valence-electron chi connectivity index (χ0n) is 19.4. The first kappa shape index (κ1) is 23.8. The summed E-state index contributed by atoms with van der Waals surface area (Å²) >= 11 is 0. The number of carbonyl (C=O) groups excluding carboxylic acids is 1. The van der Waals surface area contributed by atoms with E-state index in [9.17, 15) is 25.3 Å². The van der Waals surface area contributed by atoms with E-state index >= 15 is 0 Å². The first-order chi connectivity index (χ1) is 16.8. The van der Waals surface area contributed by atoms with Gasteiger partial charge in [0, 0.05) is 19.2 Å². The van der Waals surface area contributed by atoms with Gasteiger partial charge >= 0.3 is 5.97 Å². The van der Waals surface area contributed by atoms with E-state index in [4.69, 9.17) is 4.74 Å². The molecule has 4 rings (SSSR count). The Kier molecular flexibility index (Phi) is 6.68. The summed E-state index contributed by atoms with van der Waals surface area (Å²) in [5.74, 6) is -0.388. The zero-order valence-corrected chi connectivity index (χ0v) is 19.4. The molecule has 2 heterocycles. The summed E-state index contributed by atoms with van der Waals surface area (Å²) < 4.78 is 5.15. The van der Waals surface area contributed by atoms with Gasteiger partial charge in [-0.05, 0) is 42.5 Å². The summed E-state index contributed by atoms with van der Waals surface area (Å²) in [5.41, 5.74) is 1.40. The van der Waals surface area contributed by atoms with Crippen LogP contribution in [0.5, 0.6) is 0 Å². The lowest BCUT2D eigenvalue weighted by atomic mass is 9.91. The van der Waals surface area contributed by atoms with E-state index in [1.54, 1.807) is 30.3 Å². The number of ether oxygens (including phenoxy) is 1. The van der Waals surface area contributed by atoms with Crippen LogP contribution >= 0.6 is 0 Å². The summed E-state index contributed by atoms with van der Waals surface area (Å²) in [6.45, 7) is 5.04. The summed E-state index contributed by atoms with van der Waals surface area (Å²) in [6, 6.07) is 13.2. The number of aromatic nitrogens is 2. The Balaban J connectivity index is 1.52. The molecule has 2 unspecified atom stereocenters. The number of carbonyl (C=O) groups is 1. The van der Waals surface area contributed by atoms with Gasteiger partial charge in [-0.3, -0.25) is 10.1 Å². The lowest BCUT2D eigenvalue weighted by molar-refractivity contribution is -0.384. The Morgan fingerprint density at radius 2 is 2.00 bits per heavy atom. The largest absolute Gasteiger partial charge is 0.507 e. The normalized spacial score (nSPS) is 18.6. The number of nitro benzene ring substituents is 1. The predicted octanol–water partition coefficient (Wildman–Crippen LogP) is 4.60. The van der Waals surface area contributed by atoms with Crippen LogP contribution in [0, 0.1) is 33.3 Å². The minimum atomic E-state index is -0.853. The van der Waals surface area contributed by atoms with E-state index in [0.29, 0.717) is 41.6 Å². The number of hydrogen-bond donors (Lipinski definition) is 2. The van der Waals surface area contributed by atoms with Crippen molar-refractivity contribution < 1.29 is 19.6 Å². The van der Waals surface area contributed by atoms with Crippen LogP contribution in [-0.2, 0) is 4.74 Å². The van der Waals surface area contributed by atoms with Crippen LogP contribution in [0.2, 0.25) is 0 Å². The molecule has 0 amide bonds. The number of piperidine rings is 1. The van der Waals surface area contributed by atoms with Crippen molar-refractivity contribution in [3.05, 3.63) is 69.7 Å². The summed E-state index contributed by atoms with van der Waals surface area (Å²) in [6.07, 6.45) is 1.06. The minimum absolute atomic E-state index is 0.0198. The van der Waals surface area contributed by atoms with Crippen molar-refractivity contribution in [3.63, 3.8) is 0 Å². The maximum absolute atomic E-state index is 12.6. The molecule has 0 radical (unpaired) electrons. The van der Waals surface area contributed by atoms with E-state index in [-0.39, 0.29) is 22.6 Å². The number of H-pyrrole nitrogens is 1. The number of aliphatic hydroxyl groups is 1. The molecular weight excluding hydrogens is 450 g/mol. The standard InChI is InChI=1S/C25H25N5O5/c1-15-9-16(2)13-29(12-15)21-8-7-17(10-22(21)30(33)34)25(32)35-14-23(31)18(11-26)24-27-19-5-3-4-6-20(19)28-24/h3-8,10,15-16,31H,9,12-14H2,1-2H3,(H,27,28)/b23-18-. The van der Waals surface area contributed by atoms with Crippen molar-refractivity contribution in [2.45, 2.75) is 20.3 Å². The molecule has 1 aliphatic rings. The van der Waals surface area contributed by atoms with E-state index < -0.39 is 23.3 Å². The molecule has 1 aromatic heterocycles. The fourth-order valence-electron chi connectivity index (χ4n) is 4.54. The lowest BCUT2D eigenvalue weighted by Crippen LogP contribution is -2.39. The third-order valence-electron chi connectivity index (χ3n) is 5.98. The second kappa shape index (κ2) is 9.85. The first-order valence-electron chi connectivity index (χ1n) is 11.2. The number of nitrogens with one attached hydrogen (secondary N) is 1. The second-order valence-corrected chi connectivity index (χ2v) is 8.92. The Bertz CT molecular complexity index is 1310. The molecule has 180 valence electrons. The highest BCUT2D eigenvalue weighted by Gasteiger charge is 2.28. The van der Waals surface area contributed by atoms with E-state index in [2.05, 4.69) is 23.8 Å². The van der Waals surface area contributed by atoms with Crippen molar-refractivity contribution in [1.29, 1.82) is 5.26 Å². The van der Waals surface area contributed by atoms with Crippen LogP contribution in [0.3, 0.4) is 0 Å². The number of anilines is 1. The molecule has 10 heteroatoms. The number of fused-ring (bicyclic) bond motifs is 1. The lowest BCUT2D eigenvalue weighted by Gasteiger charge is -2.36. The van der Waals surface area contributed by atoms with Crippen LogP contribution in [0.15, 0.2) is 48.2 Å². The number of esters is 1. The number of nitriles is 1. The molecule has 0 saturated carbocycles. The van der Waals surface area contributed by atoms with Gasteiger partial charge in [0.1, 0.15) is 23.9 Å². The number of rotatable bonds is 6. The van der Waals surface area contributed by atoms with Crippen molar-refractivity contribution in [3.8, 4) is 6.07 Å². The number of benzene rings is 2. The molecular formula is C25H25N5O5. The van der Waals surface area contributed by atoms with Crippen LogP contribution < -0.4 is 4.90 Å². The Hall–Kier alpha value is -4.39. The molecule has 3 aromatic rings. The molecule has 1 aliphatic heterocycles. The van der Waals surface area contributed by atoms with Gasteiger partial charge in [-0.25, -0.2) is 9.78 Å². The molecule has 0 aliphatic carbocycles. The van der Waals surface area contributed by atoms with Crippen LogP contribution in [0.25, 0.3) is 16.6 Å². The average molecular weight is 476 g/mol. The first-order valence-corrected chi connectivity index (χ1v) is 11.2. The van der Waals surface area contributed by atoms with E-state index in [1.807, 2.05) is 11.0 Å². The van der Waals surface area contributed by atoms with E-state index in [1.165, 1.54) is 12.1 Å². The van der Waals surface area contributed by atoms with Crippen molar-refractivity contribution in [2.24, 2.45) is 11.8 Å². The second-order valence-electron chi connectivity index (χ2n) is 8.92. The fraction of sp³-hybridized carbons (Fsp3) is 0.320. The van der Waals surface area contributed by atoms with Gasteiger partial charge in [0.15, 0.2) is 11.6 Å². The highest BCUT2D eigenvalue weighted by atomic mass is 16.6. The third kappa shape index (κ3) is 5.09. The van der Waals surface area contributed by atoms with Crippen LogP contribution in [0.4, 0.5) is 11.4 Å². The predicted molar refractivity (Wildman–Crippen MR) is 130 cm³/mol. The maximum atomic E-state index is 12.6. The molecule has 1 fully saturated rings. The smallest absolute Gasteiger partial charge is 0.338 e. The number of allylic oxidation sites excluding steroid dienone is 1. The van der Waals surface area contributed by atoms with Crippen LogP contribution in [0.1, 0.15) is 36.5 Å². The SMILES string of the molecule is CC1CC(C)CN(c2ccc(C(=O)OC/C(O)=C(\C#N)c3nc4ccccc4[nH]3)cc2[N+](=O)[O-])C1. The number of imidazole rings is 1. The quantitative estimate of drug-likeness (QED) is 0.173. The summed E-state index contributed by atoms with van der Waals surface area (Å²) in [7, 11) is 0. The molecule has 35 heavy (non-hydrogen) atoms. The Morgan fingerprint density at radius 1 is 1.29 bits per heavy atom. The number of nitro groups is 1. The molecule has 2 N–H and O–H groups in total. The van der Waals surface area contributed by atoms with Crippen molar-refractivity contribution in [2.75, 3.05) is 24.6 Å². The Morgan fingerprint density at radius 3 is 2.66 bits per heavy atom. The molecule has 0 spiro atoms. The number of nitrogens with zero attached hydrogens (tertiary/aromatic N) is 4. The number of para-hydroxylation sites is 2. The number of aliphatic hydroxyl groups excluding tert-OH is 1. The molecule has 0 bridgehead atoms. The highest BCUT2D eigenvalue weighted by Crippen LogP contribution is 2.34. The van der Waals surface area contributed by atoms with Gasteiger partial charge < -0.3 is 19.7 Å². The minimum Gasteiger partial charge on any atom is -0.507 e. The van der Waals surface area contributed by atoms with Gasteiger partial charge in [0.25, 0.3) is 5.69 Å². The fourth-order valence-corrected chi connectivity index (χ4v) is 4.54. The maximum Gasteiger partial charge on any atom is 0.338 e. The summed E-state index contributed by atoms with van der Waals surface area (Å²) in [4.78, 5) is 33.0. The topological polar surface area (TPSA) is 145 Å². The molecule has 1 saturated heterocycles. The van der Waals surface area contributed by atoms with Crippen molar-refractivity contribution >= 4 is 34.0 Å². The monoisotopic (exact) mass is 475 g/mol. The molecule has 2 atom stereocenters. The third-order valence-corrected chi connectivity index (χ3v) is 5.98. The molecule has 10 nitrogen and oxygen atoms in total. The van der Waals surface area contributed by atoms with Gasteiger partial charge in [0.2, 0.25) is 0 Å². The van der Waals surface area contributed by atoms with Gasteiger partial charge in [-0.1, -0.05) is 26.0 Å². The van der Waals surface area contributed by atoms with Crippen LogP contribution in [-0.4, -0.2) is 45.7 Å². The Labute approximate surface area is 201 Å². The summed E-state index contributed by atoms with van der Waals surface area (Å²) in [5, 5.41) is 31.7. The highest BCUT2D eigenvalue weighted by molar-refractivity contribution is 5.92. The van der Waals surface area contributed by atoms with Crippen molar-refractivity contribution in [1.82, 2.24) is 9.97 Å². The van der Waals surface area contributed by atoms with E-state index in [0.717, 1.165) is 6.42 Å². The van der Waals surface area contributed by atoms with Gasteiger partial charge in [-0.15, -0.1) is 0 Å². The van der Waals surface area contributed by atoms with Gasteiger partial charge in [0.05, 0.1) is 21.5 Å². The average Bonchev–Trinajstić information content (AvgIpc) is 3.25. The number of hydrogen-bond acceptors (Lipinski definition) is 8.